The molecular formula is C15H22ClNO. The van der Waals surface area contributed by atoms with Crippen LogP contribution in [0.3, 0.4) is 0 Å². The standard InChI is InChI=1S/C15H22ClNO/c1-12(9-16)11-18-14-7-5-13(6-8-14)10-17-15(2,3)4/h5-9,17H,10-11H2,1-4H3/b12-9-. The monoisotopic (exact) mass is 267 g/mol. The van der Waals surface area contributed by atoms with Crippen LogP contribution in [0.1, 0.15) is 33.3 Å². The molecule has 0 fully saturated rings. The Bertz CT molecular complexity index is 390. The Labute approximate surface area is 115 Å². The Morgan fingerprint density at radius 1 is 1.28 bits per heavy atom. The molecule has 100 valence electrons. The summed E-state index contributed by atoms with van der Waals surface area (Å²) in [6.07, 6.45) is 0. The van der Waals surface area contributed by atoms with Crippen molar-refractivity contribution in [3.05, 3.63) is 40.9 Å². The fourth-order valence-electron chi connectivity index (χ4n) is 1.30. The molecule has 0 saturated heterocycles. The molecule has 1 aromatic carbocycles. The Kier molecular flexibility index (Phi) is 5.70. The topological polar surface area (TPSA) is 21.3 Å². The molecule has 0 saturated carbocycles. The first-order valence-electron chi connectivity index (χ1n) is 6.13. The van der Waals surface area contributed by atoms with Gasteiger partial charge in [0.15, 0.2) is 0 Å². The van der Waals surface area contributed by atoms with Crippen LogP contribution < -0.4 is 10.1 Å². The van der Waals surface area contributed by atoms with E-state index >= 15 is 0 Å². The summed E-state index contributed by atoms with van der Waals surface area (Å²) in [5.74, 6) is 0.868. The average molecular weight is 268 g/mol. The van der Waals surface area contributed by atoms with Crippen LogP contribution in [0.5, 0.6) is 5.75 Å². The van der Waals surface area contributed by atoms with Gasteiger partial charge in [0, 0.05) is 17.6 Å². The number of hydrogen-bond acceptors (Lipinski definition) is 2. The fraction of sp³-hybridized carbons (Fsp3) is 0.467. The molecule has 0 spiro atoms. The fourth-order valence-corrected chi connectivity index (χ4v) is 1.36. The molecule has 1 N–H and O–H groups in total. The van der Waals surface area contributed by atoms with Gasteiger partial charge in [0.25, 0.3) is 0 Å². The number of ether oxygens (including phenoxy) is 1. The number of nitrogens with one attached hydrogen (secondary N) is 1. The highest BCUT2D eigenvalue weighted by Crippen LogP contribution is 2.14. The highest BCUT2D eigenvalue weighted by atomic mass is 35.5. The third-order valence-electron chi connectivity index (χ3n) is 2.40. The van der Waals surface area contributed by atoms with Crippen LogP contribution in [0.4, 0.5) is 0 Å². The average Bonchev–Trinajstić information content (AvgIpc) is 2.33. The first kappa shape index (κ1) is 15.1. The van der Waals surface area contributed by atoms with Crippen LogP contribution in [0.15, 0.2) is 35.4 Å². The van der Waals surface area contributed by atoms with Crippen molar-refractivity contribution in [2.24, 2.45) is 0 Å². The zero-order valence-corrected chi connectivity index (χ0v) is 12.3. The number of benzene rings is 1. The van der Waals surface area contributed by atoms with Crippen molar-refractivity contribution in [2.45, 2.75) is 39.8 Å². The first-order valence-corrected chi connectivity index (χ1v) is 6.57. The summed E-state index contributed by atoms with van der Waals surface area (Å²) < 4.78 is 5.59. The van der Waals surface area contributed by atoms with E-state index in [1.807, 2.05) is 19.1 Å². The molecule has 1 rings (SSSR count). The second-order valence-corrected chi connectivity index (χ2v) is 5.71. The van der Waals surface area contributed by atoms with Crippen molar-refractivity contribution in [3.8, 4) is 5.75 Å². The van der Waals surface area contributed by atoms with Crippen molar-refractivity contribution in [3.63, 3.8) is 0 Å². The number of rotatable bonds is 5. The van der Waals surface area contributed by atoms with Gasteiger partial charge in [-0.15, -0.1) is 0 Å². The summed E-state index contributed by atoms with van der Waals surface area (Å²) in [7, 11) is 0. The van der Waals surface area contributed by atoms with Crippen LogP contribution in [0.2, 0.25) is 0 Å². The molecule has 0 heterocycles. The molecule has 3 heteroatoms. The van der Waals surface area contributed by atoms with Crippen LogP contribution in [-0.2, 0) is 6.54 Å². The molecule has 0 aliphatic carbocycles. The Hall–Kier alpha value is -0.990. The zero-order chi connectivity index (χ0) is 13.6. The molecule has 0 amide bonds. The van der Waals surface area contributed by atoms with Gasteiger partial charge in [-0.2, -0.15) is 0 Å². The van der Waals surface area contributed by atoms with E-state index in [2.05, 4.69) is 38.2 Å². The van der Waals surface area contributed by atoms with Crippen molar-refractivity contribution in [2.75, 3.05) is 6.61 Å². The van der Waals surface area contributed by atoms with Crippen LogP contribution in [0, 0.1) is 0 Å². The van der Waals surface area contributed by atoms with Gasteiger partial charge in [0.05, 0.1) is 0 Å². The first-order chi connectivity index (χ1) is 8.40. The molecule has 0 aromatic heterocycles. The van der Waals surface area contributed by atoms with Gasteiger partial charge < -0.3 is 10.1 Å². The van der Waals surface area contributed by atoms with E-state index in [-0.39, 0.29) is 5.54 Å². The summed E-state index contributed by atoms with van der Waals surface area (Å²) in [5, 5.41) is 3.45. The maximum Gasteiger partial charge on any atom is 0.119 e. The van der Waals surface area contributed by atoms with Gasteiger partial charge >= 0.3 is 0 Å². The lowest BCUT2D eigenvalue weighted by Gasteiger charge is -2.20. The highest BCUT2D eigenvalue weighted by molar-refractivity contribution is 6.25. The van der Waals surface area contributed by atoms with E-state index in [1.54, 1.807) is 5.54 Å². The predicted molar refractivity (Wildman–Crippen MR) is 78.1 cm³/mol. The van der Waals surface area contributed by atoms with Crippen LogP contribution in [-0.4, -0.2) is 12.1 Å². The maximum absolute atomic E-state index is 5.59. The smallest absolute Gasteiger partial charge is 0.119 e. The minimum absolute atomic E-state index is 0.136. The lowest BCUT2D eigenvalue weighted by Crippen LogP contribution is -2.35. The van der Waals surface area contributed by atoms with Crippen LogP contribution in [0.25, 0.3) is 0 Å². The third kappa shape index (κ3) is 6.08. The lowest BCUT2D eigenvalue weighted by atomic mass is 10.1. The molecule has 0 aliphatic heterocycles. The minimum Gasteiger partial charge on any atom is -0.489 e. The highest BCUT2D eigenvalue weighted by Gasteiger charge is 2.08. The summed E-state index contributed by atoms with van der Waals surface area (Å²) >= 11 is 5.58. The Morgan fingerprint density at radius 3 is 2.39 bits per heavy atom. The van der Waals surface area contributed by atoms with Gasteiger partial charge in [-0.05, 0) is 51.0 Å². The summed E-state index contributed by atoms with van der Waals surface area (Å²) in [5.41, 5.74) is 3.94. The summed E-state index contributed by atoms with van der Waals surface area (Å²) in [4.78, 5) is 0. The Morgan fingerprint density at radius 2 is 1.89 bits per heavy atom. The van der Waals surface area contributed by atoms with Gasteiger partial charge in [0.2, 0.25) is 0 Å². The molecule has 1 aromatic rings. The molecule has 0 radical (unpaired) electrons. The summed E-state index contributed by atoms with van der Waals surface area (Å²) in [6.45, 7) is 9.81. The van der Waals surface area contributed by atoms with E-state index in [1.165, 1.54) is 5.56 Å². The van der Waals surface area contributed by atoms with E-state index in [0.29, 0.717) is 6.61 Å². The quantitative estimate of drug-likeness (QED) is 0.867. The second-order valence-electron chi connectivity index (χ2n) is 5.49. The number of hydrogen-bond donors (Lipinski definition) is 1. The number of halogens is 1. The molecule has 0 unspecified atom stereocenters. The van der Waals surface area contributed by atoms with Crippen molar-refractivity contribution in [1.82, 2.24) is 5.32 Å². The predicted octanol–water partition coefficient (Wildman–Crippen LogP) is 4.10. The molecule has 0 aliphatic rings. The second kappa shape index (κ2) is 6.81. The van der Waals surface area contributed by atoms with Gasteiger partial charge in [-0.25, -0.2) is 0 Å². The van der Waals surface area contributed by atoms with Crippen LogP contribution >= 0.6 is 11.6 Å². The zero-order valence-electron chi connectivity index (χ0n) is 11.6. The van der Waals surface area contributed by atoms with E-state index < -0.39 is 0 Å². The maximum atomic E-state index is 5.59. The largest absolute Gasteiger partial charge is 0.489 e. The van der Waals surface area contributed by atoms with Crippen molar-refractivity contribution < 1.29 is 4.74 Å². The van der Waals surface area contributed by atoms with Crippen molar-refractivity contribution >= 4 is 11.6 Å². The molecule has 0 atom stereocenters. The summed E-state index contributed by atoms with van der Waals surface area (Å²) in [6, 6.07) is 8.13. The lowest BCUT2D eigenvalue weighted by molar-refractivity contribution is 0.352. The third-order valence-corrected chi connectivity index (χ3v) is 2.77. The normalized spacial score (nSPS) is 12.6. The molecular weight excluding hydrogens is 246 g/mol. The van der Waals surface area contributed by atoms with Gasteiger partial charge in [-0.1, -0.05) is 23.7 Å². The van der Waals surface area contributed by atoms with E-state index in [4.69, 9.17) is 16.3 Å². The van der Waals surface area contributed by atoms with Crippen molar-refractivity contribution in [1.29, 1.82) is 0 Å². The van der Waals surface area contributed by atoms with Gasteiger partial charge in [-0.3, -0.25) is 0 Å². The minimum atomic E-state index is 0.136. The molecule has 18 heavy (non-hydrogen) atoms. The van der Waals surface area contributed by atoms with E-state index in [0.717, 1.165) is 17.9 Å². The van der Waals surface area contributed by atoms with Gasteiger partial charge in [0.1, 0.15) is 12.4 Å². The SMILES string of the molecule is C/C(=C/Cl)COc1ccc(CNC(C)(C)C)cc1. The Balaban J connectivity index is 2.47. The molecule has 0 bridgehead atoms. The molecule has 2 nitrogen and oxygen atoms in total. The van der Waals surface area contributed by atoms with E-state index in [9.17, 15) is 0 Å².